The van der Waals surface area contributed by atoms with Gasteiger partial charge < -0.3 is 4.43 Å². The Hall–Kier alpha value is -2.01. The van der Waals surface area contributed by atoms with Gasteiger partial charge in [0, 0.05) is 12.4 Å². The predicted molar refractivity (Wildman–Crippen MR) is 84.6 cm³/mol. The third-order valence-electron chi connectivity index (χ3n) is 2.66. The van der Waals surface area contributed by atoms with Crippen LogP contribution >= 0.6 is 0 Å². The predicted octanol–water partition coefficient (Wildman–Crippen LogP) is 3.29. The second kappa shape index (κ2) is 6.43. The van der Waals surface area contributed by atoms with Crippen LogP contribution in [0.2, 0.25) is 13.1 Å². The van der Waals surface area contributed by atoms with Crippen LogP contribution in [0, 0.1) is 6.92 Å². The van der Waals surface area contributed by atoms with E-state index in [9.17, 15) is 0 Å². The van der Waals surface area contributed by atoms with Gasteiger partial charge in [-0.3, -0.25) is 0 Å². The summed E-state index contributed by atoms with van der Waals surface area (Å²) in [7, 11) is -1.17. The van der Waals surface area contributed by atoms with E-state index in [0.29, 0.717) is 5.82 Å². The van der Waals surface area contributed by atoms with E-state index in [4.69, 9.17) is 4.43 Å². The summed E-state index contributed by atoms with van der Waals surface area (Å²) in [6, 6.07) is 7.84. The molecular weight excluding hydrogens is 266 g/mol. The van der Waals surface area contributed by atoms with Gasteiger partial charge in [0.05, 0.1) is 5.71 Å². The number of hydrogen-bond donors (Lipinski definition) is 0. The van der Waals surface area contributed by atoms with Crippen molar-refractivity contribution >= 4 is 20.4 Å². The van der Waals surface area contributed by atoms with Gasteiger partial charge in [0.2, 0.25) is 9.04 Å². The lowest BCUT2D eigenvalue weighted by atomic mass is 10.2. The number of aryl methyl sites for hydroxylation is 1. The maximum absolute atomic E-state index is 5.95. The Morgan fingerprint density at radius 3 is 2.55 bits per heavy atom. The first kappa shape index (κ1) is 14.4. The number of aliphatic imine (C=N–C) groups is 1. The smallest absolute Gasteiger partial charge is 0.229 e. The molecule has 104 valence electrons. The van der Waals surface area contributed by atoms with Gasteiger partial charge in [0.1, 0.15) is 11.4 Å². The zero-order valence-electron chi connectivity index (χ0n) is 12.3. The Kier molecular flexibility index (Phi) is 4.63. The van der Waals surface area contributed by atoms with Gasteiger partial charge in [-0.2, -0.15) is 0 Å². The van der Waals surface area contributed by atoms with Gasteiger partial charge in [-0.1, -0.05) is 6.07 Å². The van der Waals surface area contributed by atoms with Crippen molar-refractivity contribution < 1.29 is 4.43 Å². The van der Waals surface area contributed by atoms with Crippen molar-refractivity contribution in [2.24, 2.45) is 4.99 Å². The molecule has 1 aromatic heterocycles. The molecule has 1 aromatic carbocycles. The van der Waals surface area contributed by atoms with Crippen LogP contribution in [0.4, 0.5) is 5.69 Å². The van der Waals surface area contributed by atoms with Crippen LogP contribution < -0.4 is 4.43 Å². The normalized spacial score (nSPS) is 11.8. The highest BCUT2D eigenvalue weighted by Crippen LogP contribution is 2.29. The van der Waals surface area contributed by atoms with Crippen molar-refractivity contribution in [2.45, 2.75) is 26.9 Å². The van der Waals surface area contributed by atoms with Gasteiger partial charge in [-0.25, -0.2) is 15.0 Å². The fraction of sp³-hybridized carbons (Fsp3) is 0.267. The van der Waals surface area contributed by atoms with E-state index in [0.717, 1.165) is 17.1 Å². The number of hydrogen-bond acceptors (Lipinski definition) is 4. The first-order valence-corrected chi connectivity index (χ1v) is 9.44. The van der Waals surface area contributed by atoms with E-state index >= 15 is 0 Å². The average Bonchev–Trinajstić information content (AvgIpc) is 2.42. The van der Waals surface area contributed by atoms with E-state index < -0.39 is 9.04 Å². The molecule has 0 aliphatic rings. The van der Waals surface area contributed by atoms with Crippen LogP contribution in [0.1, 0.15) is 18.3 Å². The molecule has 0 radical (unpaired) electrons. The third kappa shape index (κ3) is 3.74. The van der Waals surface area contributed by atoms with Crippen molar-refractivity contribution in [3.63, 3.8) is 0 Å². The molecule has 0 bridgehead atoms. The minimum atomic E-state index is -1.17. The van der Waals surface area contributed by atoms with E-state index in [2.05, 4.69) is 35.0 Å². The molecule has 4 nitrogen and oxygen atoms in total. The van der Waals surface area contributed by atoms with Crippen LogP contribution in [0.15, 0.2) is 41.7 Å². The topological polar surface area (TPSA) is 47.4 Å². The fourth-order valence-corrected chi connectivity index (χ4v) is 2.48. The van der Waals surface area contributed by atoms with Gasteiger partial charge in [-0.15, -0.1) is 0 Å². The highest BCUT2D eigenvalue weighted by Gasteiger charge is 2.08. The number of benzene rings is 1. The third-order valence-corrected chi connectivity index (χ3v) is 3.38. The van der Waals surface area contributed by atoms with Crippen LogP contribution in [-0.2, 0) is 0 Å². The Balaban J connectivity index is 2.37. The summed E-state index contributed by atoms with van der Waals surface area (Å²) in [4.78, 5) is 13.0. The summed E-state index contributed by atoms with van der Waals surface area (Å²) in [5.74, 6) is 1.49. The molecule has 0 amide bonds. The standard InChI is InChI=1S/C15H19N3OSi/c1-11-6-7-13(14(10-11)19-20(3)4)18-12(2)15-16-8-5-9-17-15/h5-10,20H,1-4H3. The van der Waals surface area contributed by atoms with Crippen LogP contribution in [0.5, 0.6) is 5.75 Å². The second-order valence-corrected chi connectivity index (χ2v) is 7.24. The molecule has 2 rings (SSSR count). The molecule has 0 spiro atoms. The summed E-state index contributed by atoms with van der Waals surface area (Å²) < 4.78 is 5.95. The van der Waals surface area contributed by atoms with Gasteiger partial charge in [0.25, 0.3) is 0 Å². The first-order chi connectivity index (χ1) is 9.56. The SMILES string of the molecule is CC(=Nc1ccc(C)cc1O[SiH](C)C)c1ncccn1. The Bertz CT molecular complexity index is 612. The highest BCUT2D eigenvalue weighted by atomic mass is 28.3. The van der Waals surface area contributed by atoms with Gasteiger partial charge in [-0.05, 0) is 50.7 Å². The van der Waals surface area contributed by atoms with Crippen molar-refractivity contribution in [2.75, 3.05) is 0 Å². The Morgan fingerprint density at radius 1 is 1.20 bits per heavy atom. The fourth-order valence-electron chi connectivity index (χ4n) is 1.78. The molecule has 0 unspecified atom stereocenters. The second-order valence-electron chi connectivity index (χ2n) is 4.91. The molecule has 2 aromatic rings. The molecular formula is C15H19N3OSi. The zero-order valence-corrected chi connectivity index (χ0v) is 13.4. The van der Waals surface area contributed by atoms with Crippen LogP contribution in [0.3, 0.4) is 0 Å². The lowest BCUT2D eigenvalue weighted by Gasteiger charge is -2.13. The van der Waals surface area contributed by atoms with Gasteiger partial charge in [0.15, 0.2) is 5.82 Å². The average molecular weight is 285 g/mol. The minimum Gasteiger partial charge on any atom is -0.546 e. The summed E-state index contributed by atoms with van der Waals surface area (Å²) >= 11 is 0. The van der Waals surface area contributed by atoms with E-state index in [1.165, 1.54) is 5.56 Å². The number of rotatable bonds is 4. The molecule has 0 fully saturated rings. The number of nitrogens with zero attached hydrogens (tertiary/aromatic N) is 3. The van der Waals surface area contributed by atoms with Crippen molar-refractivity contribution in [1.82, 2.24) is 9.97 Å². The maximum Gasteiger partial charge on any atom is 0.229 e. The van der Waals surface area contributed by atoms with Crippen LogP contribution in [-0.4, -0.2) is 24.7 Å². The van der Waals surface area contributed by atoms with Crippen molar-refractivity contribution in [1.29, 1.82) is 0 Å². The molecule has 0 aliphatic carbocycles. The minimum absolute atomic E-state index is 0.640. The van der Waals surface area contributed by atoms with E-state index in [-0.39, 0.29) is 0 Å². The molecule has 20 heavy (non-hydrogen) atoms. The Morgan fingerprint density at radius 2 is 1.90 bits per heavy atom. The van der Waals surface area contributed by atoms with E-state index in [1.807, 2.05) is 25.1 Å². The molecule has 0 saturated heterocycles. The zero-order chi connectivity index (χ0) is 14.5. The molecule has 1 heterocycles. The quantitative estimate of drug-likeness (QED) is 0.639. The van der Waals surface area contributed by atoms with Crippen molar-refractivity contribution in [3.05, 3.63) is 48.0 Å². The lowest BCUT2D eigenvalue weighted by molar-refractivity contribution is 0.581. The number of aromatic nitrogens is 2. The maximum atomic E-state index is 5.95. The molecule has 0 N–H and O–H groups in total. The van der Waals surface area contributed by atoms with E-state index in [1.54, 1.807) is 18.5 Å². The van der Waals surface area contributed by atoms with Crippen LogP contribution in [0.25, 0.3) is 0 Å². The lowest BCUT2D eigenvalue weighted by Crippen LogP contribution is -2.11. The molecule has 0 aliphatic heterocycles. The monoisotopic (exact) mass is 285 g/mol. The Labute approximate surface area is 121 Å². The molecule has 0 saturated carbocycles. The van der Waals surface area contributed by atoms with Crippen molar-refractivity contribution in [3.8, 4) is 5.75 Å². The largest absolute Gasteiger partial charge is 0.546 e. The summed E-state index contributed by atoms with van der Waals surface area (Å²) in [6.07, 6.45) is 3.43. The first-order valence-electron chi connectivity index (χ1n) is 6.66. The molecule has 5 heteroatoms. The summed E-state index contributed by atoms with van der Waals surface area (Å²) in [6.45, 7) is 8.24. The molecule has 0 atom stereocenters. The summed E-state index contributed by atoms with van der Waals surface area (Å²) in [5, 5.41) is 0. The highest BCUT2D eigenvalue weighted by molar-refractivity contribution is 6.49. The van der Waals surface area contributed by atoms with Gasteiger partial charge >= 0.3 is 0 Å². The summed E-state index contributed by atoms with van der Waals surface area (Å²) in [5.41, 5.74) is 2.79.